The summed E-state index contributed by atoms with van der Waals surface area (Å²) in [6.07, 6.45) is -0.101. The van der Waals surface area contributed by atoms with Crippen LogP contribution in [0.4, 0.5) is 0 Å². The summed E-state index contributed by atoms with van der Waals surface area (Å²) in [5.74, 6) is 0.883. The molecule has 1 fully saturated rings. The van der Waals surface area contributed by atoms with Gasteiger partial charge in [-0.1, -0.05) is 18.2 Å². The van der Waals surface area contributed by atoms with Gasteiger partial charge in [0.2, 0.25) is 5.91 Å². The molecule has 0 bridgehead atoms. The summed E-state index contributed by atoms with van der Waals surface area (Å²) in [6.45, 7) is 6.39. The van der Waals surface area contributed by atoms with Crippen molar-refractivity contribution in [2.45, 2.75) is 32.5 Å². The Morgan fingerprint density at radius 2 is 2.24 bits per heavy atom. The summed E-state index contributed by atoms with van der Waals surface area (Å²) in [6, 6.07) is 7.54. The summed E-state index contributed by atoms with van der Waals surface area (Å²) < 4.78 is 11.1. The molecule has 0 aliphatic carbocycles. The van der Waals surface area contributed by atoms with E-state index < -0.39 is 0 Å². The first-order valence-corrected chi connectivity index (χ1v) is 7.44. The van der Waals surface area contributed by atoms with Gasteiger partial charge in [0.15, 0.2) is 0 Å². The van der Waals surface area contributed by atoms with Crippen molar-refractivity contribution < 1.29 is 14.3 Å². The summed E-state index contributed by atoms with van der Waals surface area (Å²) in [5.41, 5.74) is 1.01. The normalized spacial score (nSPS) is 21.9. The van der Waals surface area contributed by atoms with Crippen molar-refractivity contribution in [2.75, 3.05) is 26.8 Å². The lowest BCUT2D eigenvalue weighted by Gasteiger charge is -2.32. The van der Waals surface area contributed by atoms with Crippen LogP contribution < -0.4 is 10.1 Å². The van der Waals surface area contributed by atoms with Crippen LogP contribution in [0.15, 0.2) is 24.3 Å². The van der Waals surface area contributed by atoms with Gasteiger partial charge < -0.3 is 19.7 Å². The van der Waals surface area contributed by atoms with E-state index in [1.54, 1.807) is 4.90 Å². The Kier molecular flexibility index (Phi) is 5.59. The standard InChI is InChI=1S/C16H24N2O3/c1-4-20-14-8-6-5-7-13(14)11-18(3)16(19)15-12(2)21-10-9-17-15/h5-8,12,15,17H,4,9-11H2,1-3H3/t12-,15+/m1/s1. The number of nitrogens with zero attached hydrogens (tertiary/aromatic N) is 1. The summed E-state index contributed by atoms with van der Waals surface area (Å²) in [5, 5.41) is 3.23. The average Bonchev–Trinajstić information content (AvgIpc) is 2.49. The van der Waals surface area contributed by atoms with Crippen LogP contribution in [-0.4, -0.2) is 49.8 Å². The lowest BCUT2D eigenvalue weighted by Crippen LogP contribution is -2.55. The third-order valence-corrected chi connectivity index (χ3v) is 3.64. The highest BCUT2D eigenvalue weighted by Crippen LogP contribution is 2.20. The number of benzene rings is 1. The van der Waals surface area contributed by atoms with Crippen LogP contribution in [0.3, 0.4) is 0 Å². The Bertz CT molecular complexity index is 478. The van der Waals surface area contributed by atoms with Gasteiger partial charge in [-0.05, 0) is 19.9 Å². The predicted molar refractivity (Wildman–Crippen MR) is 81.3 cm³/mol. The van der Waals surface area contributed by atoms with E-state index in [1.807, 2.05) is 45.2 Å². The van der Waals surface area contributed by atoms with Crippen LogP contribution in [-0.2, 0) is 16.1 Å². The number of morpholine rings is 1. The molecule has 5 heteroatoms. The fourth-order valence-electron chi connectivity index (χ4n) is 2.51. The summed E-state index contributed by atoms with van der Waals surface area (Å²) in [7, 11) is 1.81. The highest BCUT2D eigenvalue weighted by Gasteiger charge is 2.30. The fourth-order valence-corrected chi connectivity index (χ4v) is 2.51. The second-order valence-corrected chi connectivity index (χ2v) is 5.24. The molecule has 1 heterocycles. The minimum Gasteiger partial charge on any atom is -0.494 e. The van der Waals surface area contributed by atoms with E-state index >= 15 is 0 Å². The van der Waals surface area contributed by atoms with Crippen molar-refractivity contribution >= 4 is 5.91 Å². The van der Waals surface area contributed by atoms with Gasteiger partial charge in [0.25, 0.3) is 0 Å². The Labute approximate surface area is 126 Å². The van der Waals surface area contributed by atoms with E-state index in [1.165, 1.54) is 0 Å². The lowest BCUT2D eigenvalue weighted by molar-refractivity contribution is -0.138. The number of amides is 1. The van der Waals surface area contributed by atoms with Crippen LogP contribution in [0.1, 0.15) is 19.4 Å². The van der Waals surface area contributed by atoms with Crippen molar-refractivity contribution in [1.29, 1.82) is 0 Å². The van der Waals surface area contributed by atoms with Crippen LogP contribution in [0.25, 0.3) is 0 Å². The van der Waals surface area contributed by atoms with E-state index in [4.69, 9.17) is 9.47 Å². The summed E-state index contributed by atoms with van der Waals surface area (Å²) >= 11 is 0. The molecule has 2 atom stereocenters. The highest BCUT2D eigenvalue weighted by molar-refractivity contribution is 5.82. The number of carbonyl (C=O) groups is 1. The number of nitrogens with one attached hydrogen (secondary N) is 1. The zero-order chi connectivity index (χ0) is 15.2. The van der Waals surface area contributed by atoms with Gasteiger partial charge >= 0.3 is 0 Å². The topological polar surface area (TPSA) is 50.8 Å². The van der Waals surface area contributed by atoms with Crippen molar-refractivity contribution in [3.63, 3.8) is 0 Å². The van der Waals surface area contributed by atoms with Crippen molar-refractivity contribution in [3.05, 3.63) is 29.8 Å². The van der Waals surface area contributed by atoms with Crippen LogP contribution in [0, 0.1) is 0 Å². The minimum absolute atomic E-state index is 0.0495. The predicted octanol–water partition coefficient (Wildman–Crippen LogP) is 1.42. The van der Waals surface area contributed by atoms with Gasteiger partial charge in [0.1, 0.15) is 11.8 Å². The number of rotatable bonds is 5. The molecule has 1 aromatic carbocycles. The third kappa shape index (κ3) is 3.95. The third-order valence-electron chi connectivity index (χ3n) is 3.64. The maximum absolute atomic E-state index is 12.5. The molecule has 2 rings (SSSR count). The maximum Gasteiger partial charge on any atom is 0.242 e. The molecule has 1 aliphatic heterocycles. The molecule has 0 unspecified atom stereocenters. The molecule has 0 saturated carbocycles. The Hall–Kier alpha value is -1.59. The van der Waals surface area contributed by atoms with Crippen molar-refractivity contribution in [1.82, 2.24) is 10.2 Å². The fraction of sp³-hybridized carbons (Fsp3) is 0.562. The second kappa shape index (κ2) is 7.43. The van der Waals surface area contributed by atoms with Crippen LogP contribution in [0.2, 0.25) is 0 Å². The van der Waals surface area contributed by atoms with Gasteiger partial charge in [-0.3, -0.25) is 4.79 Å². The monoisotopic (exact) mass is 292 g/mol. The van der Waals surface area contributed by atoms with Crippen LogP contribution in [0.5, 0.6) is 5.75 Å². The van der Waals surface area contributed by atoms with E-state index in [0.717, 1.165) is 11.3 Å². The Morgan fingerprint density at radius 3 is 2.95 bits per heavy atom. The molecule has 1 N–H and O–H groups in total. The number of hydrogen-bond acceptors (Lipinski definition) is 4. The Morgan fingerprint density at radius 1 is 1.48 bits per heavy atom. The molecule has 21 heavy (non-hydrogen) atoms. The average molecular weight is 292 g/mol. The maximum atomic E-state index is 12.5. The molecule has 0 aromatic heterocycles. The molecular formula is C16H24N2O3. The van der Waals surface area contributed by atoms with Gasteiger partial charge in [-0.25, -0.2) is 0 Å². The van der Waals surface area contributed by atoms with Gasteiger partial charge in [0.05, 0.1) is 19.3 Å². The molecular weight excluding hydrogens is 268 g/mol. The number of hydrogen-bond donors (Lipinski definition) is 1. The number of para-hydroxylation sites is 1. The lowest BCUT2D eigenvalue weighted by atomic mass is 10.1. The van der Waals surface area contributed by atoms with E-state index in [2.05, 4.69) is 5.32 Å². The van der Waals surface area contributed by atoms with Gasteiger partial charge in [-0.15, -0.1) is 0 Å². The first kappa shape index (κ1) is 15.8. The van der Waals surface area contributed by atoms with E-state index in [0.29, 0.717) is 26.3 Å². The quantitative estimate of drug-likeness (QED) is 0.892. The van der Waals surface area contributed by atoms with E-state index in [-0.39, 0.29) is 18.1 Å². The smallest absolute Gasteiger partial charge is 0.242 e. The summed E-state index contributed by atoms with van der Waals surface area (Å²) in [4.78, 5) is 14.2. The number of likely N-dealkylation sites (N-methyl/N-ethyl adjacent to an activating group) is 1. The molecule has 116 valence electrons. The van der Waals surface area contributed by atoms with Crippen LogP contribution >= 0.6 is 0 Å². The van der Waals surface area contributed by atoms with Crippen molar-refractivity contribution in [3.8, 4) is 5.75 Å². The zero-order valence-corrected chi connectivity index (χ0v) is 13.0. The second-order valence-electron chi connectivity index (χ2n) is 5.24. The van der Waals surface area contributed by atoms with Gasteiger partial charge in [-0.2, -0.15) is 0 Å². The molecule has 1 aliphatic rings. The molecule has 1 aromatic rings. The molecule has 0 radical (unpaired) electrons. The first-order chi connectivity index (χ1) is 10.1. The number of carbonyl (C=O) groups excluding carboxylic acids is 1. The Balaban J connectivity index is 2.03. The molecule has 1 saturated heterocycles. The van der Waals surface area contributed by atoms with Crippen molar-refractivity contribution in [2.24, 2.45) is 0 Å². The highest BCUT2D eigenvalue weighted by atomic mass is 16.5. The van der Waals surface area contributed by atoms with E-state index in [9.17, 15) is 4.79 Å². The molecule has 0 spiro atoms. The first-order valence-electron chi connectivity index (χ1n) is 7.44. The largest absolute Gasteiger partial charge is 0.494 e. The van der Waals surface area contributed by atoms with Gasteiger partial charge in [0, 0.05) is 25.7 Å². The SMILES string of the molecule is CCOc1ccccc1CN(C)C(=O)[C@H]1NCCO[C@@H]1C. The number of ether oxygens (including phenoxy) is 2. The zero-order valence-electron chi connectivity index (χ0n) is 13.0. The minimum atomic E-state index is -0.275. The molecule has 5 nitrogen and oxygen atoms in total. The molecule has 1 amide bonds.